The lowest BCUT2D eigenvalue weighted by molar-refractivity contribution is -0.131. The smallest absolute Gasteiger partial charge is 0.276 e. The molecule has 0 radical (unpaired) electrons. The second-order valence-electron chi connectivity index (χ2n) is 7.32. The van der Waals surface area contributed by atoms with Gasteiger partial charge in [-0.2, -0.15) is 0 Å². The fraction of sp³-hybridized carbons (Fsp3) is 0.381. The first-order chi connectivity index (χ1) is 14.0. The van der Waals surface area contributed by atoms with Crippen molar-refractivity contribution in [3.63, 3.8) is 0 Å². The highest BCUT2D eigenvalue weighted by molar-refractivity contribution is 7.99. The Balaban J connectivity index is 1.70. The summed E-state index contributed by atoms with van der Waals surface area (Å²) in [6.45, 7) is 4.52. The van der Waals surface area contributed by atoms with Crippen LogP contribution in [0.25, 0.3) is 15.9 Å². The van der Waals surface area contributed by atoms with Crippen LogP contribution in [0, 0.1) is 12.7 Å². The second-order valence-corrected chi connectivity index (χ2v) is 9.18. The summed E-state index contributed by atoms with van der Waals surface area (Å²) in [6, 6.07) is 6.61. The van der Waals surface area contributed by atoms with E-state index in [1.807, 2.05) is 10.3 Å². The van der Waals surface area contributed by atoms with E-state index >= 15 is 0 Å². The lowest BCUT2D eigenvalue weighted by atomic mass is 10.0. The standard InChI is InChI=1S/C21H22FN3O2S2/c1-13-11-15(6-7-16(13)22)25-20(27)19-17(8-10-28-19)23-21(25)29-12-18(26)24-9-4-3-5-14(24)2/h6-8,10-11,14H,3-5,9,12H2,1-2H3/t14-/m1/s1. The molecule has 0 aliphatic carbocycles. The molecule has 4 rings (SSSR count). The number of rotatable bonds is 4. The molecule has 8 heteroatoms. The van der Waals surface area contributed by atoms with E-state index in [1.165, 1.54) is 33.7 Å². The van der Waals surface area contributed by atoms with Gasteiger partial charge in [-0.3, -0.25) is 14.2 Å². The van der Waals surface area contributed by atoms with Crippen molar-refractivity contribution in [3.8, 4) is 5.69 Å². The van der Waals surface area contributed by atoms with Crippen LogP contribution in [0.1, 0.15) is 31.7 Å². The Bertz CT molecular complexity index is 1120. The number of likely N-dealkylation sites (tertiary alicyclic amines) is 1. The van der Waals surface area contributed by atoms with Crippen molar-refractivity contribution in [2.45, 2.75) is 44.3 Å². The Morgan fingerprint density at radius 1 is 1.34 bits per heavy atom. The van der Waals surface area contributed by atoms with Crippen LogP contribution < -0.4 is 5.56 Å². The molecule has 29 heavy (non-hydrogen) atoms. The molecule has 0 unspecified atom stereocenters. The predicted octanol–water partition coefficient (Wildman–Crippen LogP) is 4.39. The number of carbonyl (C=O) groups is 1. The molecule has 0 saturated carbocycles. The second kappa shape index (κ2) is 8.28. The molecule has 0 spiro atoms. The third kappa shape index (κ3) is 3.96. The third-order valence-electron chi connectivity index (χ3n) is 5.30. The maximum absolute atomic E-state index is 13.8. The lowest BCUT2D eigenvalue weighted by Crippen LogP contribution is -2.43. The maximum Gasteiger partial charge on any atom is 0.276 e. The topological polar surface area (TPSA) is 55.2 Å². The van der Waals surface area contributed by atoms with Gasteiger partial charge in [-0.1, -0.05) is 11.8 Å². The minimum Gasteiger partial charge on any atom is -0.339 e. The number of thiophene rings is 1. The van der Waals surface area contributed by atoms with Crippen molar-refractivity contribution in [1.82, 2.24) is 14.5 Å². The number of halogens is 1. The molecule has 0 N–H and O–H groups in total. The van der Waals surface area contributed by atoms with Crippen LogP contribution in [-0.4, -0.2) is 38.7 Å². The van der Waals surface area contributed by atoms with Gasteiger partial charge in [0.25, 0.3) is 5.56 Å². The van der Waals surface area contributed by atoms with E-state index in [0.717, 1.165) is 25.8 Å². The molecule has 5 nitrogen and oxygen atoms in total. The monoisotopic (exact) mass is 431 g/mol. The van der Waals surface area contributed by atoms with E-state index in [-0.39, 0.29) is 29.1 Å². The highest BCUT2D eigenvalue weighted by atomic mass is 32.2. The fourth-order valence-corrected chi connectivity index (χ4v) is 5.32. The van der Waals surface area contributed by atoms with Crippen molar-refractivity contribution in [2.24, 2.45) is 0 Å². The normalized spacial score (nSPS) is 17.1. The van der Waals surface area contributed by atoms with Gasteiger partial charge < -0.3 is 4.90 Å². The largest absolute Gasteiger partial charge is 0.339 e. The number of aromatic nitrogens is 2. The Morgan fingerprint density at radius 2 is 2.17 bits per heavy atom. The zero-order chi connectivity index (χ0) is 20.5. The molecule has 1 aliphatic rings. The summed E-state index contributed by atoms with van der Waals surface area (Å²) in [5.41, 5.74) is 1.43. The van der Waals surface area contributed by atoms with Gasteiger partial charge in [0.2, 0.25) is 5.91 Å². The van der Waals surface area contributed by atoms with E-state index in [1.54, 1.807) is 25.1 Å². The van der Waals surface area contributed by atoms with Crippen molar-refractivity contribution in [1.29, 1.82) is 0 Å². The van der Waals surface area contributed by atoms with Gasteiger partial charge in [0.1, 0.15) is 10.5 Å². The van der Waals surface area contributed by atoms with Gasteiger partial charge in [0.15, 0.2) is 5.16 Å². The SMILES string of the molecule is Cc1cc(-n2c(SCC(=O)N3CCCC[C@H]3C)nc3ccsc3c2=O)ccc1F. The summed E-state index contributed by atoms with van der Waals surface area (Å²) in [5, 5.41) is 2.28. The number of nitrogens with zero attached hydrogens (tertiary/aromatic N) is 3. The molecule has 0 bridgehead atoms. The van der Waals surface area contributed by atoms with Gasteiger partial charge in [0.05, 0.1) is 17.0 Å². The summed E-state index contributed by atoms with van der Waals surface area (Å²) in [4.78, 5) is 32.5. The fourth-order valence-electron chi connectivity index (χ4n) is 3.66. The van der Waals surface area contributed by atoms with Crippen molar-refractivity contribution in [2.75, 3.05) is 12.3 Å². The predicted molar refractivity (Wildman–Crippen MR) is 116 cm³/mol. The van der Waals surface area contributed by atoms with Crippen LogP contribution in [0.15, 0.2) is 39.6 Å². The third-order valence-corrected chi connectivity index (χ3v) is 7.11. The summed E-state index contributed by atoms with van der Waals surface area (Å²) >= 11 is 2.59. The minimum absolute atomic E-state index is 0.0590. The molecule has 1 atom stereocenters. The summed E-state index contributed by atoms with van der Waals surface area (Å²) in [5.74, 6) is -0.0498. The van der Waals surface area contributed by atoms with Gasteiger partial charge >= 0.3 is 0 Å². The highest BCUT2D eigenvalue weighted by Gasteiger charge is 2.24. The average molecular weight is 432 g/mol. The van der Waals surface area contributed by atoms with Crippen LogP contribution in [0.5, 0.6) is 0 Å². The molecule has 3 aromatic rings. The molecule has 1 saturated heterocycles. The average Bonchev–Trinajstić information content (AvgIpc) is 3.18. The highest BCUT2D eigenvalue weighted by Crippen LogP contribution is 2.26. The lowest BCUT2D eigenvalue weighted by Gasteiger charge is -2.33. The van der Waals surface area contributed by atoms with E-state index in [4.69, 9.17) is 0 Å². The number of piperidine rings is 1. The zero-order valence-corrected chi connectivity index (χ0v) is 18.0. The maximum atomic E-state index is 13.8. The van der Waals surface area contributed by atoms with Crippen LogP contribution in [0.3, 0.4) is 0 Å². The number of aryl methyl sites for hydroxylation is 1. The van der Waals surface area contributed by atoms with Gasteiger partial charge in [-0.25, -0.2) is 9.37 Å². The Hall–Kier alpha value is -2.19. The van der Waals surface area contributed by atoms with Gasteiger partial charge in [0, 0.05) is 12.6 Å². The van der Waals surface area contributed by atoms with Gasteiger partial charge in [-0.05, 0) is 68.3 Å². The number of hydrogen-bond donors (Lipinski definition) is 0. The van der Waals surface area contributed by atoms with Crippen LogP contribution in [-0.2, 0) is 4.79 Å². The molecule has 1 fully saturated rings. The van der Waals surface area contributed by atoms with Crippen LogP contribution in [0.4, 0.5) is 4.39 Å². The number of amides is 1. The molecule has 1 aromatic carbocycles. The first-order valence-corrected chi connectivity index (χ1v) is 11.5. The quantitative estimate of drug-likeness (QED) is 0.454. The number of benzene rings is 1. The van der Waals surface area contributed by atoms with E-state index in [0.29, 0.717) is 26.6 Å². The Kier molecular flexibility index (Phi) is 5.74. The molecular weight excluding hydrogens is 409 g/mol. The van der Waals surface area contributed by atoms with Crippen LogP contribution in [0.2, 0.25) is 0 Å². The van der Waals surface area contributed by atoms with Crippen LogP contribution >= 0.6 is 23.1 Å². The molecular formula is C21H22FN3O2S2. The van der Waals surface area contributed by atoms with Crippen molar-refractivity contribution >= 4 is 39.2 Å². The molecule has 2 aromatic heterocycles. The van der Waals surface area contributed by atoms with E-state index < -0.39 is 0 Å². The van der Waals surface area contributed by atoms with E-state index in [9.17, 15) is 14.0 Å². The minimum atomic E-state index is -0.324. The number of hydrogen-bond acceptors (Lipinski definition) is 5. The molecule has 3 heterocycles. The summed E-state index contributed by atoms with van der Waals surface area (Å²) in [6.07, 6.45) is 3.20. The van der Waals surface area contributed by atoms with E-state index in [2.05, 4.69) is 11.9 Å². The Morgan fingerprint density at radius 3 is 2.93 bits per heavy atom. The Labute approximate surface area is 176 Å². The number of carbonyl (C=O) groups excluding carboxylic acids is 1. The first-order valence-electron chi connectivity index (χ1n) is 9.65. The number of fused-ring (bicyclic) bond motifs is 1. The number of thioether (sulfide) groups is 1. The zero-order valence-electron chi connectivity index (χ0n) is 16.4. The summed E-state index contributed by atoms with van der Waals surface area (Å²) in [7, 11) is 0. The molecule has 1 amide bonds. The van der Waals surface area contributed by atoms with Crippen molar-refractivity contribution in [3.05, 3.63) is 51.4 Å². The molecule has 1 aliphatic heterocycles. The van der Waals surface area contributed by atoms with Gasteiger partial charge in [-0.15, -0.1) is 11.3 Å². The molecule has 152 valence electrons. The summed E-state index contributed by atoms with van der Waals surface area (Å²) < 4.78 is 15.8. The van der Waals surface area contributed by atoms with Crippen molar-refractivity contribution < 1.29 is 9.18 Å². The first kappa shape index (κ1) is 20.1.